The summed E-state index contributed by atoms with van der Waals surface area (Å²) in [7, 11) is 0. The van der Waals surface area contributed by atoms with Crippen molar-refractivity contribution in [3.05, 3.63) is 0 Å². The molecule has 0 spiro atoms. The molecule has 4 heteroatoms. The number of unbranched alkanes of at least 4 members (excludes halogenated alkanes) is 2. The van der Waals surface area contributed by atoms with Crippen molar-refractivity contribution in [2.75, 3.05) is 6.54 Å². The van der Waals surface area contributed by atoms with Crippen LogP contribution in [0.1, 0.15) is 66.7 Å². The first-order chi connectivity index (χ1) is 9.69. The van der Waals surface area contributed by atoms with Crippen molar-refractivity contribution in [2.45, 2.75) is 72.8 Å². The maximum Gasteiger partial charge on any atom is 0.308 e. The molecule has 1 aliphatic heterocycles. The predicted molar refractivity (Wildman–Crippen MR) is 84.0 cm³/mol. The lowest BCUT2D eigenvalue weighted by atomic mass is 9.78. The van der Waals surface area contributed by atoms with E-state index in [9.17, 15) is 14.7 Å². The predicted octanol–water partition coefficient (Wildman–Crippen LogP) is 3.55. The number of carboxylic acid groups (broad SMARTS) is 1. The second-order valence-corrected chi connectivity index (χ2v) is 7.43. The lowest BCUT2D eigenvalue weighted by molar-refractivity contribution is -0.156. The van der Waals surface area contributed by atoms with Gasteiger partial charge >= 0.3 is 5.97 Å². The van der Waals surface area contributed by atoms with Gasteiger partial charge in [-0.2, -0.15) is 0 Å². The fourth-order valence-corrected chi connectivity index (χ4v) is 3.49. The van der Waals surface area contributed by atoms with E-state index in [2.05, 4.69) is 20.8 Å². The van der Waals surface area contributed by atoms with Crippen molar-refractivity contribution in [3.8, 4) is 0 Å². The van der Waals surface area contributed by atoms with E-state index >= 15 is 0 Å². The summed E-state index contributed by atoms with van der Waals surface area (Å²) >= 11 is 0. The third-order valence-corrected chi connectivity index (χ3v) is 4.78. The van der Waals surface area contributed by atoms with Gasteiger partial charge in [0.15, 0.2) is 0 Å². The van der Waals surface area contributed by atoms with Gasteiger partial charge in [-0.3, -0.25) is 9.59 Å². The zero-order valence-electron chi connectivity index (χ0n) is 14.2. The van der Waals surface area contributed by atoms with Gasteiger partial charge < -0.3 is 10.0 Å². The van der Waals surface area contributed by atoms with Crippen LogP contribution in [0.5, 0.6) is 0 Å². The second kappa shape index (κ2) is 7.28. The lowest BCUT2D eigenvalue weighted by Gasteiger charge is -2.44. The average molecular weight is 297 g/mol. The van der Waals surface area contributed by atoms with Crippen LogP contribution < -0.4 is 0 Å². The summed E-state index contributed by atoms with van der Waals surface area (Å²) in [6.07, 6.45) is 4.99. The maximum absolute atomic E-state index is 12.3. The minimum atomic E-state index is -0.781. The summed E-state index contributed by atoms with van der Waals surface area (Å²) in [5, 5.41) is 9.42. The molecule has 122 valence electrons. The second-order valence-electron chi connectivity index (χ2n) is 7.43. The molecule has 1 saturated heterocycles. The number of piperidine rings is 1. The minimum absolute atomic E-state index is 0.0444. The number of amides is 1. The molecule has 0 saturated carbocycles. The van der Waals surface area contributed by atoms with E-state index in [1.54, 1.807) is 0 Å². The number of hydrogen-bond donors (Lipinski definition) is 1. The summed E-state index contributed by atoms with van der Waals surface area (Å²) in [6.45, 7) is 11.0. The van der Waals surface area contributed by atoms with E-state index in [-0.39, 0.29) is 23.3 Å². The Labute approximate surface area is 128 Å². The summed E-state index contributed by atoms with van der Waals surface area (Å²) < 4.78 is 0. The number of carboxylic acids is 1. The lowest BCUT2D eigenvalue weighted by Crippen LogP contribution is -2.55. The monoisotopic (exact) mass is 297 g/mol. The summed E-state index contributed by atoms with van der Waals surface area (Å²) in [6, 6.07) is -0.218. The first-order valence-corrected chi connectivity index (χ1v) is 8.22. The van der Waals surface area contributed by atoms with Gasteiger partial charge in [-0.25, -0.2) is 0 Å². The standard InChI is InChI=1S/C17H31NO3/c1-6-7-8-9-17(4,5)11-18-13(3)15(16(20)21)12(2)10-14(18)19/h12-13,15H,6-11H2,1-5H3,(H,20,21). The molecule has 0 aromatic rings. The Morgan fingerprint density at radius 2 is 1.95 bits per heavy atom. The maximum atomic E-state index is 12.3. The molecule has 1 heterocycles. The van der Waals surface area contributed by atoms with Crippen LogP contribution in [0.3, 0.4) is 0 Å². The van der Waals surface area contributed by atoms with Crippen molar-refractivity contribution < 1.29 is 14.7 Å². The SMILES string of the molecule is CCCCCC(C)(C)CN1C(=O)CC(C)C(C(=O)O)C1C. The molecule has 4 nitrogen and oxygen atoms in total. The molecule has 0 bridgehead atoms. The molecule has 0 radical (unpaired) electrons. The average Bonchev–Trinajstić information content (AvgIpc) is 2.34. The fourth-order valence-electron chi connectivity index (χ4n) is 3.49. The largest absolute Gasteiger partial charge is 0.481 e. The van der Waals surface area contributed by atoms with Crippen molar-refractivity contribution >= 4 is 11.9 Å². The zero-order valence-corrected chi connectivity index (χ0v) is 14.2. The van der Waals surface area contributed by atoms with Gasteiger partial charge in [0.2, 0.25) is 5.91 Å². The highest BCUT2D eigenvalue weighted by Crippen LogP contribution is 2.34. The molecule has 0 aromatic heterocycles. The normalized spacial score (nSPS) is 27.0. The van der Waals surface area contributed by atoms with Gasteiger partial charge in [0.25, 0.3) is 0 Å². The third kappa shape index (κ3) is 4.72. The quantitative estimate of drug-likeness (QED) is 0.731. The van der Waals surface area contributed by atoms with E-state index in [0.29, 0.717) is 13.0 Å². The van der Waals surface area contributed by atoms with Crippen LogP contribution in [-0.4, -0.2) is 34.5 Å². The number of aliphatic carboxylic acids is 1. The summed E-state index contributed by atoms with van der Waals surface area (Å²) in [5.74, 6) is -1.20. The van der Waals surface area contributed by atoms with Crippen LogP contribution in [0, 0.1) is 17.3 Å². The molecule has 1 fully saturated rings. The first-order valence-electron chi connectivity index (χ1n) is 8.22. The topological polar surface area (TPSA) is 57.6 Å². The number of likely N-dealkylation sites (tertiary alicyclic amines) is 1. The molecule has 0 aromatic carbocycles. The molecule has 0 aliphatic carbocycles. The van der Waals surface area contributed by atoms with Crippen LogP contribution in [0.2, 0.25) is 0 Å². The molecular formula is C17H31NO3. The highest BCUT2D eigenvalue weighted by atomic mass is 16.4. The Morgan fingerprint density at radius 3 is 2.48 bits per heavy atom. The van der Waals surface area contributed by atoms with Gasteiger partial charge in [-0.15, -0.1) is 0 Å². The summed E-state index contributed by atoms with van der Waals surface area (Å²) in [5.41, 5.74) is 0.0444. The van der Waals surface area contributed by atoms with E-state index in [1.807, 2.05) is 18.7 Å². The van der Waals surface area contributed by atoms with Crippen LogP contribution in [0.15, 0.2) is 0 Å². The molecule has 1 aliphatic rings. The molecule has 21 heavy (non-hydrogen) atoms. The van der Waals surface area contributed by atoms with Crippen LogP contribution in [0.4, 0.5) is 0 Å². The van der Waals surface area contributed by atoms with Crippen LogP contribution in [0.25, 0.3) is 0 Å². The van der Waals surface area contributed by atoms with E-state index in [4.69, 9.17) is 0 Å². The van der Waals surface area contributed by atoms with Crippen molar-refractivity contribution in [1.29, 1.82) is 0 Å². The third-order valence-electron chi connectivity index (χ3n) is 4.78. The fraction of sp³-hybridized carbons (Fsp3) is 0.882. The minimum Gasteiger partial charge on any atom is -0.481 e. The van der Waals surface area contributed by atoms with Crippen molar-refractivity contribution in [1.82, 2.24) is 4.90 Å². The molecule has 3 atom stereocenters. The van der Waals surface area contributed by atoms with Crippen LogP contribution >= 0.6 is 0 Å². The number of carbonyl (C=O) groups is 2. The first kappa shape index (κ1) is 18.0. The van der Waals surface area contributed by atoms with E-state index in [1.165, 1.54) is 19.3 Å². The van der Waals surface area contributed by atoms with E-state index in [0.717, 1.165) is 6.42 Å². The Balaban J connectivity index is 2.75. The smallest absolute Gasteiger partial charge is 0.308 e. The Bertz CT molecular complexity index is 378. The molecule has 1 N–H and O–H groups in total. The number of nitrogens with zero attached hydrogens (tertiary/aromatic N) is 1. The number of carbonyl (C=O) groups excluding carboxylic acids is 1. The van der Waals surface area contributed by atoms with Crippen molar-refractivity contribution in [2.24, 2.45) is 17.3 Å². The molecule has 1 rings (SSSR count). The van der Waals surface area contributed by atoms with Gasteiger partial charge in [-0.05, 0) is 24.7 Å². The highest BCUT2D eigenvalue weighted by Gasteiger charge is 2.42. The molecule has 1 amide bonds. The van der Waals surface area contributed by atoms with Crippen molar-refractivity contribution in [3.63, 3.8) is 0 Å². The van der Waals surface area contributed by atoms with E-state index < -0.39 is 11.9 Å². The highest BCUT2D eigenvalue weighted by molar-refractivity contribution is 5.81. The molecular weight excluding hydrogens is 266 g/mol. The Morgan fingerprint density at radius 1 is 1.33 bits per heavy atom. The molecule has 3 unspecified atom stereocenters. The Hall–Kier alpha value is -1.06. The summed E-state index contributed by atoms with van der Waals surface area (Å²) in [4.78, 5) is 25.6. The van der Waals surface area contributed by atoms with Crippen LogP contribution in [-0.2, 0) is 9.59 Å². The number of hydrogen-bond acceptors (Lipinski definition) is 2. The van der Waals surface area contributed by atoms with Gasteiger partial charge in [-0.1, -0.05) is 47.0 Å². The Kier molecular flexibility index (Phi) is 6.24. The zero-order chi connectivity index (χ0) is 16.2. The number of rotatable bonds is 7. The van der Waals surface area contributed by atoms with Gasteiger partial charge in [0.1, 0.15) is 0 Å². The van der Waals surface area contributed by atoms with Gasteiger partial charge in [0, 0.05) is 19.0 Å². The van der Waals surface area contributed by atoms with Gasteiger partial charge in [0.05, 0.1) is 5.92 Å².